The zero-order valence-electron chi connectivity index (χ0n) is 38.4. The molecule has 6 nitrogen and oxygen atoms in total. The highest BCUT2D eigenvalue weighted by atomic mass is 35.5. The molecule has 0 fully saturated rings. The molecule has 0 heterocycles. The predicted molar refractivity (Wildman–Crippen MR) is 276 cm³/mol. The second kappa shape index (κ2) is 18.0. The lowest BCUT2D eigenvalue weighted by molar-refractivity contribution is 0.102. The Labute approximate surface area is 396 Å². The van der Waals surface area contributed by atoms with Gasteiger partial charge < -0.3 is 20.1 Å². The van der Waals surface area contributed by atoms with Crippen LogP contribution in [0.3, 0.4) is 0 Å². The average Bonchev–Trinajstić information content (AvgIpc) is 3.29. The highest BCUT2D eigenvalue weighted by Gasteiger charge is 2.31. The van der Waals surface area contributed by atoms with Crippen molar-refractivity contribution >= 4 is 89.5 Å². The standard InChI is InChI=1S/C58H52Cl2N2O4/c1-31(2)38-21-15-22-39(32(3)4)55(38)61-57(63)42-29-45(60)51-52-46(65-36-17-11-9-12-18-36)28-26-35-25-27-44(59)50(48(35)52)53-47(66-37-19-13-10-14-20-37)30-43(49(42)54(51)53)58(64)62-56-40(33(5)6)23-16-24-41(56)34(7)8/h9-34H,1-8H3,(H,61,63)(H,62,64). The number of carbonyl (C=O) groups is 2. The lowest BCUT2D eigenvalue weighted by atomic mass is 9.85. The van der Waals surface area contributed by atoms with Gasteiger partial charge in [-0.05, 0) is 99.8 Å². The summed E-state index contributed by atoms with van der Waals surface area (Å²) in [5.74, 6) is 1.68. The first-order chi connectivity index (χ1) is 31.7. The van der Waals surface area contributed by atoms with Crippen molar-refractivity contribution in [3.63, 3.8) is 0 Å². The molecule has 0 aliphatic heterocycles. The smallest absolute Gasteiger partial charge is 0.256 e. The largest absolute Gasteiger partial charge is 0.457 e. The summed E-state index contributed by atoms with van der Waals surface area (Å²) in [6.45, 7) is 16.9. The van der Waals surface area contributed by atoms with Crippen LogP contribution in [-0.4, -0.2) is 11.8 Å². The number of amides is 2. The molecule has 0 saturated heterocycles. The molecule has 0 aliphatic carbocycles. The zero-order valence-corrected chi connectivity index (χ0v) is 39.9. The van der Waals surface area contributed by atoms with Gasteiger partial charge in [0, 0.05) is 59.7 Å². The van der Waals surface area contributed by atoms with E-state index in [1.54, 1.807) is 12.1 Å². The number of rotatable bonds is 12. The third-order valence-corrected chi connectivity index (χ3v) is 13.2. The quantitative estimate of drug-likeness (QED) is 0.0946. The first-order valence-corrected chi connectivity index (χ1v) is 23.4. The Morgan fingerprint density at radius 3 is 1.32 bits per heavy atom. The molecule has 0 aromatic heterocycles. The summed E-state index contributed by atoms with van der Waals surface area (Å²) in [5, 5.41) is 12.7. The van der Waals surface area contributed by atoms with E-state index in [-0.39, 0.29) is 34.8 Å². The molecule has 0 saturated carbocycles. The van der Waals surface area contributed by atoms with Crippen LogP contribution in [0.4, 0.5) is 11.4 Å². The minimum atomic E-state index is -0.412. The van der Waals surface area contributed by atoms with E-state index < -0.39 is 11.8 Å². The van der Waals surface area contributed by atoms with Gasteiger partial charge in [0.2, 0.25) is 0 Å². The van der Waals surface area contributed by atoms with Gasteiger partial charge in [-0.15, -0.1) is 0 Å². The Balaban J connectivity index is 1.45. The summed E-state index contributed by atoms with van der Waals surface area (Å²) >= 11 is 15.1. The summed E-state index contributed by atoms with van der Waals surface area (Å²) in [5.41, 5.74) is 5.94. The van der Waals surface area contributed by atoms with E-state index in [1.807, 2.05) is 97.1 Å². The van der Waals surface area contributed by atoms with Gasteiger partial charge in [-0.3, -0.25) is 9.59 Å². The number of fused-ring (bicyclic) bond motifs is 2. The lowest BCUT2D eigenvalue weighted by Gasteiger charge is -2.25. The van der Waals surface area contributed by atoms with E-state index in [4.69, 9.17) is 32.7 Å². The van der Waals surface area contributed by atoms with Crippen molar-refractivity contribution in [3.8, 4) is 23.0 Å². The Bertz CT molecular complexity index is 3270. The third-order valence-electron chi connectivity index (χ3n) is 12.6. The monoisotopic (exact) mass is 910 g/mol. The van der Waals surface area contributed by atoms with Crippen molar-refractivity contribution in [1.82, 2.24) is 0 Å². The van der Waals surface area contributed by atoms with Crippen LogP contribution in [-0.2, 0) is 0 Å². The van der Waals surface area contributed by atoms with Crippen LogP contribution in [0, 0.1) is 0 Å². The highest BCUT2D eigenvalue weighted by Crippen LogP contribution is 2.53. The van der Waals surface area contributed by atoms with Crippen LogP contribution in [0.2, 0.25) is 10.0 Å². The maximum absolute atomic E-state index is 15.6. The fourth-order valence-electron chi connectivity index (χ4n) is 9.44. The summed E-state index contributed by atoms with van der Waals surface area (Å²) in [6.07, 6.45) is 0. The normalized spacial score (nSPS) is 11.8. The van der Waals surface area contributed by atoms with Crippen LogP contribution in [0.5, 0.6) is 23.0 Å². The van der Waals surface area contributed by atoms with Crippen LogP contribution in [0.15, 0.2) is 133 Å². The maximum Gasteiger partial charge on any atom is 0.256 e. The summed E-state index contributed by atoms with van der Waals surface area (Å²) in [4.78, 5) is 31.1. The minimum Gasteiger partial charge on any atom is -0.457 e. The van der Waals surface area contributed by atoms with Gasteiger partial charge in [0.15, 0.2) is 0 Å². The molecular weight excluding hydrogens is 860 g/mol. The van der Waals surface area contributed by atoms with Crippen LogP contribution < -0.4 is 20.1 Å². The topological polar surface area (TPSA) is 76.7 Å². The van der Waals surface area contributed by atoms with Gasteiger partial charge >= 0.3 is 0 Å². The molecule has 332 valence electrons. The average molecular weight is 912 g/mol. The fraction of sp³-hybridized carbons (Fsp3) is 0.207. The summed E-state index contributed by atoms with van der Waals surface area (Å²) < 4.78 is 13.6. The van der Waals surface area contributed by atoms with Crippen molar-refractivity contribution in [2.75, 3.05) is 10.6 Å². The Hall–Kier alpha value is -6.60. The number of hydrogen-bond donors (Lipinski definition) is 2. The Morgan fingerprint density at radius 1 is 0.409 bits per heavy atom. The van der Waals surface area contributed by atoms with E-state index in [1.165, 1.54) is 0 Å². The van der Waals surface area contributed by atoms with E-state index in [9.17, 15) is 0 Å². The number of anilines is 2. The van der Waals surface area contributed by atoms with Crippen molar-refractivity contribution in [1.29, 1.82) is 0 Å². The third kappa shape index (κ3) is 7.97. The molecule has 8 heteroatoms. The molecule has 9 rings (SSSR count). The van der Waals surface area contributed by atoms with Crippen LogP contribution in [0.1, 0.15) is 122 Å². The van der Waals surface area contributed by atoms with Crippen LogP contribution in [0.25, 0.3) is 43.1 Å². The number of carbonyl (C=O) groups excluding carboxylic acids is 2. The van der Waals surface area contributed by atoms with E-state index in [2.05, 4.69) is 90.3 Å². The number of nitrogens with one attached hydrogen (secondary N) is 2. The SMILES string of the molecule is CC(C)c1cccc(C(C)C)c1NC(=O)c1cc(Cl)c2c3c(Oc4ccccc4)ccc4ccc(Cl)c(c5c(Oc6ccccc6)cc(C(=O)Nc6c(C(C)C)cccc6C(C)C)c1c25)c43. The second-order valence-corrected chi connectivity index (χ2v) is 19.1. The first-order valence-electron chi connectivity index (χ1n) is 22.7. The number of ether oxygens (including phenoxy) is 2. The fourth-order valence-corrected chi connectivity index (χ4v) is 9.99. The molecule has 0 radical (unpaired) electrons. The molecule has 66 heavy (non-hydrogen) atoms. The molecular formula is C58H52Cl2N2O4. The molecule has 0 unspecified atom stereocenters. The number of hydrogen-bond acceptors (Lipinski definition) is 4. The van der Waals surface area contributed by atoms with Gasteiger partial charge in [0.1, 0.15) is 23.0 Å². The molecule has 0 aliphatic rings. The van der Waals surface area contributed by atoms with Crippen LogP contribution >= 0.6 is 23.2 Å². The minimum absolute atomic E-state index is 0.103. The molecule has 2 N–H and O–H groups in total. The van der Waals surface area contributed by atoms with E-state index in [0.717, 1.165) is 44.4 Å². The highest BCUT2D eigenvalue weighted by molar-refractivity contribution is 6.49. The second-order valence-electron chi connectivity index (χ2n) is 18.3. The maximum atomic E-state index is 15.6. The number of para-hydroxylation sites is 4. The van der Waals surface area contributed by atoms with Crippen molar-refractivity contribution in [3.05, 3.63) is 177 Å². The molecule has 9 aromatic carbocycles. The molecule has 9 aromatic rings. The first kappa shape index (κ1) is 44.6. The predicted octanol–water partition coefficient (Wildman–Crippen LogP) is 17.6. The lowest BCUT2D eigenvalue weighted by Crippen LogP contribution is -2.20. The number of benzene rings is 9. The van der Waals surface area contributed by atoms with Gasteiger partial charge in [0.25, 0.3) is 11.8 Å². The van der Waals surface area contributed by atoms with Gasteiger partial charge in [-0.25, -0.2) is 0 Å². The molecule has 2 amide bonds. The molecule has 0 atom stereocenters. The zero-order chi connectivity index (χ0) is 46.6. The Morgan fingerprint density at radius 2 is 0.833 bits per heavy atom. The van der Waals surface area contributed by atoms with E-state index >= 15 is 9.59 Å². The summed E-state index contributed by atoms with van der Waals surface area (Å²) in [7, 11) is 0. The van der Waals surface area contributed by atoms with Crippen molar-refractivity contribution in [2.24, 2.45) is 0 Å². The van der Waals surface area contributed by atoms with Crippen molar-refractivity contribution < 1.29 is 19.1 Å². The molecule has 0 spiro atoms. The van der Waals surface area contributed by atoms with Gasteiger partial charge in [-0.1, -0.05) is 164 Å². The Kier molecular flexibility index (Phi) is 12.2. The van der Waals surface area contributed by atoms with Gasteiger partial charge in [-0.2, -0.15) is 0 Å². The molecule has 0 bridgehead atoms. The number of halogens is 2. The van der Waals surface area contributed by atoms with Gasteiger partial charge in [0.05, 0.1) is 10.6 Å². The van der Waals surface area contributed by atoms with E-state index in [0.29, 0.717) is 65.4 Å². The van der Waals surface area contributed by atoms with Crippen molar-refractivity contribution in [2.45, 2.75) is 79.1 Å². The summed E-state index contributed by atoms with van der Waals surface area (Å²) in [6, 6.07) is 42.5.